The van der Waals surface area contributed by atoms with Gasteiger partial charge in [0.1, 0.15) is 17.2 Å². The Morgan fingerprint density at radius 1 is 1.42 bits per heavy atom. The van der Waals surface area contributed by atoms with Crippen molar-refractivity contribution in [2.24, 2.45) is 0 Å². The Balaban J connectivity index is 2.82. The first-order chi connectivity index (χ1) is 8.97. The number of ether oxygens (including phenoxy) is 1. The Bertz CT molecular complexity index is 727. The van der Waals surface area contributed by atoms with Crippen LogP contribution in [0.5, 0.6) is 0 Å². The molecule has 0 aliphatic rings. The van der Waals surface area contributed by atoms with E-state index in [1.54, 1.807) is 6.92 Å². The summed E-state index contributed by atoms with van der Waals surface area (Å²) in [5, 5.41) is -0.261. The lowest BCUT2D eigenvalue weighted by molar-refractivity contribution is 0.0524. The Labute approximate surface area is 114 Å². The van der Waals surface area contributed by atoms with E-state index in [0.717, 1.165) is 6.20 Å². The van der Waals surface area contributed by atoms with Gasteiger partial charge >= 0.3 is 5.97 Å². The number of pyridine rings is 1. The second-order valence-electron chi connectivity index (χ2n) is 3.66. The molecule has 0 saturated heterocycles. The monoisotopic (exact) mass is 331 g/mol. The van der Waals surface area contributed by atoms with E-state index in [0.29, 0.717) is 6.07 Å². The fourth-order valence-electron chi connectivity index (χ4n) is 1.65. The highest BCUT2D eigenvalue weighted by Crippen LogP contribution is 2.25. The first-order valence-corrected chi connectivity index (χ1v) is 6.12. The predicted octanol–water partition coefficient (Wildman–Crippen LogP) is 2.75. The maximum absolute atomic E-state index is 13.5. The van der Waals surface area contributed by atoms with Crippen molar-refractivity contribution in [1.82, 2.24) is 4.98 Å². The van der Waals surface area contributed by atoms with Crippen molar-refractivity contribution >= 4 is 32.8 Å². The number of carbonyl (C=O) groups is 1. The van der Waals surface area contributed by atoms with Crippen LogP contribution in [-0.2, 0) is 4.74 Å². The van der Waals surface area contributed by atoms with Gasteiger partial charge in [-0.05, 0) is 22.9 Å². The zero-order valence-corrected chi connectivity index (χ0v) is 11.3. The summed E-state index contributed by atoms with van der Waals surface area (Å²) in [7, 11) is 0. The molecule has 7 heteroatoms. The zero-order valence-electron chi connectivity index (χ0n) is 9.72. The minimum absolute atomic E-state index is 0.0923. The average molecular weight is 332 g/mol. The molecular formula is C12H8BrF2NO3. The third-order valence-electron chi connectivity index (χ3n) is 2.50. The highest BCUT2D eigenvalue weighted by Gasteiger charge is 2.19. The van der Waals surface area contributed by atoms with E-state index in [1.165, 1.54) is 0 Å². The molecule has 0 saturated carbocycles. The standard InChI is InChI=1S/C12H8BrF2NO3/c1-2-19-12(18)5-4-16-10-7(15)3-6(14)9(13)8(10)11(5)17/h3-4H,2H2,1H3,(H,16,17). The first kappa shape index (κ1) is 13.7. The van der Waals surface area contributed by atoms with E-state index in [1.807, 2.05) is 0 Å². The van der Waals surface area contributed by atoms with Gasteiger partial charge < -0.3 is 9.72 Å². The number of carbonyl (C=O) groups excluding carboxylic acids is 1. The van der Waals surface area contributed by atoms with Gasteiger partial charge in [0.05, 0.1) is 22.0 Å². The van der Waals surface area contributed by atoms with Crippen LogP contribution in [0.15, 0.2) is 21.5 Å². The molecule has 1 aromatic heterocycles. The third-order valence-corrected chi connectivity index (χ3v) is 3.27. The molecule has 0 aliphatic carbocycles. The van der Waals surface area contributed by atoms with Crippen molar-refractivity contribution in [2.45, 2.75) is 6.92 Å². The summed E-state index contributed by atoms with van der Waals surface area (Å²) in [5.74, 6) is -2.68. The lowest BCUT2D eigenvalue weighted by Crippen LogP contribution is -2.19. The number of benzene rings is 1. The molecule has 19 heavy (non-hydrogen) atoms. The van der Waals surface area contributed by atoms with Gasteiger partial charge in [-0.3, -0.25) is 4.79 Å². The molecular weight excluding hydrogens is 324 g/mol. The second kappa shape index (κ2) is 5.08. The van der Waals surface area contributed by atoms with Crippen LogP contribution in [-0.4, -0.2) is 17.6 Å². The summed E-state index contributed by atoms with van der Waals surface area (Å²) >= 11 is 2.87. The number of aromatic nitrogens is 1. The second-order valence-corrected chi connectivity index (χ2v) is 4.45. The highest BCUT2D eigenvalue weighted by molar-refractivity contribution is 9.10. The summed E-state index contributed by atoms with van der Waals surface area (Å²) in [6.45, 7) is 1.68. The van der Waals surface area contributed by atoms with Crippen molar-refractivity contribution in [1.29, 1.82) is 0 Å². The van der Waals surface area contributed by atoms with E-state index in [9.17, 15) is 18.4 Å². The van der Waals surface area contributed by atoms with E-state index in [-0.39, 0.29) is 27.5 Å². The molecule has 0 aliphatic heterocycles. The smallest absolute Gasteiger partial charge is 0.343 e. The zero-order chi connectivity index (χ0) is 14.2. The maximum Gasteiger partial charge on any atom is 0.343 e. The minimum Gasteiger partial charge on any atom is -0.462 e. The molecule has 0 bridgehead atoms. The largest absolute Gasteiger partial charge is 0.462 e. The van der Waals surface area contributed by atoms with Gasteiger partial charge in [0.25, 0.3) is 0 Å². The molecule has 100 valence electrons. The van der Waals surface area contributed by atoms with E-state index >= 15 is 0 Å². The molecule has 1 aromatic carbocycles. The fourth-order valence-corrected chi connectivity index (χ4v) is 2.15. The number of halogens is 3. The Kier molecular flexibility index (Phi) is 3.66. The Morgan fingerprint density at radius 3 is 2.74 bits per heavy atom. The SMILES string of the molecule is CCOC(=O)c1c[nH]c2c(F)cc(F)c(Br)c2c1=O. The summed E-state index contributed by atoms with van der Waals surface area (Å²) in [6, 6.07) is 0.645. The van der Waals surface area contributed by atoms with Crippen LogP contribution >= 0.6 is 15.9 Å². The number of fused-ring (bicyclic) bond motifs is 1. The van der Waals surface area contributed by atoms with Crippen LogP contribution in [0.25, 0.3) is 10.9 Å². The van der Waals surface area contributed by atoms with Crippen LogP contribution in [0.1, 0.15) is 17.3 Å². The third kappa shape index (κ3) is 2.25. The van der Waals surface area contributed by atoms with Gasteiger partial charge in [-0.1, -0.05) is 0 Å². The molecule has 0 radical (unpaired) electrons. The van der Waals surface area contributed by atoms with Gasteiger partial charge in [0, 0.05) is 12.3 Å². The van der Waals surface area contributed by atoms with Gasteiger partial charge in [-0.2, -0.15) is 0 Å². The number of hydrogen-bond donors (Lipinski definition) is 1. The van der Waals surface area contributed by atoms with Gasteiger partial charge in [0.2, 0.25) is 5.43 Å². The van der Waals surface area contributed by atoms with Crippen LogP contribution in [0.3, 0.4) is 0 Å². The van der Waals surface area contributed by atoms with Crippen molar-refractivity contribution in [3.05, 3.63) is 44.2 Å². The maximum atomic E-state index is 13.5. The van der Waals surface area contributed by atoms with E-state index < -0.39 is 23.0 Å². The normalized spacial score (nSPS) is 10.7. The molecule has 1 N–H and O–H groups in total. The van der Waals surface area contributed by atoms with Gasteiger partial charge in [-0.25, -0.2) is 13.6 Å². The molecule has 1 heterocycles. The lowest BCUT2D eigenvalue weighted by Gasteiger charge is -2.06. The molecule has 2 rings (SSSR count). The van der Waals surface area contributed by atoms with Gasteiger partial charge in [0.15, 0.2) is 0 Å². The minimum atomic E-state index is -0.920. The lowest BCUT2D eigenvalue weighted by atomic mass is 10.1. The van der Waals surface area contributed by atoms with E-state index in [2.05, 4.69) is 20.9 Å². The Morgan fingerprint density at radius 2 is 2.11 bits per heavy atom. The van der Waals surface area contributed by atoms with Crippen LogP contribution < -0.4 is 5.43 Å². The summed E-state index contributed by atoms with van der Waals surface area (Å²) < 4.78 is 31.5. The van der Waals surface area contributed by atoms with Crippen molar-refractivity contribution in [3.63, 3.8) is 0 Å². The van der Waals surface area contributed by atoms with Crippen LogP contribution in [0.4, 0.5) is 8.78 Å². The van der Waals surface area contributed by atoms with Gasteiger partial charge in [-0.15, -0.1) is 0 Å². The molecule has 0 unspecified atom stereocenters. The number of nitrogens with one attached hydrogen (secondary N) is 1. The van der Waals surface area contributed by atoms with Crippen molar-refractivity contribution in [2.75, 3.05) is 6.61 Å². The van der Waals surface area contributed by atoms with E-state index in [4.69, 9.17) is 4.74 Å². The average Bonchev–Trinajstić information content (AvgIpc) is 2.36. The number of H-pyrrole nitrogens is 1. The topological polar surface area (TPSA) is 59.2 Å². The van der Waals surface area contributed by atoms with Crippen molar-refractivity contribution < 1.29 is 18.3 Å². The number of hydrogen-bond acceptors (Lipinski definition) is 3. The summed E-state index contributed by atoms with van der Waals surface area (Å²) in [5.41, 5.74) is -1.27. The molecule has 4 nitrogen and oxygen atoms in total. The predicted molar refractivity (Wildman–Crippen MR) is 68.1 cm³/mol. The van der Waals surface area contributed by atoms with Crippen LogP contribution in [0.2, 0.25) is 0 Å². The first-order valence-electron chi connectivity index (χ1n) is 5.33. The highest BCUT2D eigenvalue weighted by atomic mass is 79.9. The summed E-state index contributed by atoms with van der Waals surface area (Å²) in [4.78, 5) is 26.1. The molecule has 0 spiro atoms. The molecule has 0 fully saturated rings. The molecule has 0 atom stereocenters. The van der Waals surface area contributed by atoms with Crippen LogP contribution in [0, 0.1) is 11.6 Å². The quantitative estimate of drug-likeness (QED) is 0.680. The fraction of sp³-hybridized carbons (Fsp3) is 0.167. The molecule has 2 aromatic rings. The summed E-state index contributed by atoms with van der Waals surface area (Å²) in [6.07, 6.45) is 1.05. The number of aromatic amines is 1. The number of rotatable bonds is 2. The molecule has 0 amide bonds. The van der Waals surface area contributed by atoms with Crippen molar-refractivity contribution in [3.8, 4) is 0 Å². The Hall–Kier alpha value is -1.76. The number of esters is 1.